The van der Waals surface area contributed by atoms with Crippen LogP contribution in [0.5, 0.6) is 0 Å². The molecular weight excluding hydrogens is 263 g/mol. The Bertz CT molecular complexity index is 527. The Morgan fingerprint density at radius 1 is 1.35 bits per heavy atom. The first-order valence-electron chi connectivity index (χ1n) is 6.57. The summed E-state index contributed by atoms with van der Waals surface area (Å²) in [4.78, 5) is 24.1. The zero-order chi connectivity index (χ0) is 14.7. The van der Waals surface area contributed by atoms with Crippen molar-refractivity contribution in [3.8, 4) is 0 Å². The van der Waals surface area contributed by atoms with Crippen LogP contribution in [0.2, 0.25) is 0 Å². The summed E-state index contributed by atoms with van der Waals surface area (Å²) in [6.07, 6.45) is 3.67. The summed E-state index contributed by atoms with van der Waals surface area (Å²) in [6, 6.07) is 4.16. The number of amides is 1. The van der Waals surface area contributed by atoms with Crippen molar-refractivity contribution in [2.75, 3.05) is 11.4 Å². The first kappa shape index (κ1) is 14.3. The summed E-state index contributed by atoms with van der Waals surface area (Å²) in [5, 5.41) is 9.05. The summed E-state index contributed by atoms with van der Waals surface area (Å²) in [7, 11) is 0. The van der Waals surface area contributed by atoms with Crippen molar-refractivity contribution in [3.05, 3.63) is 29.6 Å². The maximum Gasteiger partial charge on any atom is 0.323 e. The lowest BCUT2D eigenvalue weighted by Crippen LogP contribution is -2.39. The molecule has 0 heterocycles. The van der Waals surface area contributed by atoms with E-state index in [-0.39, 0.29) is 23.8 Å². The fourth-order valence-electron chi connectivity index (χ4n) is 2.77. The summed E-state index contributed by atoms with van der Waals surface area (Å²) in [6.45, 7) is -0.269. The molecule has 1 saturated carbocycles. The number of nitrogens with two attached hydrogens (primary N) is 1. The van der Waals surface area contributed by atoms with Crippen molar-refractivity contribution in [1.82, 2.24) is 0 Å². The molecular formula is C14H17FN2O3. The van der Waals surface area contributed by atoms with Gasteiger partial charge in [-0.2, -0.15) is 0 Å². The van der Waals surface area contributed by atoms with Gasteiger partial charge < -0.3 is 15.7 Å². The molecule has 0 saturated heterocycles. The van der Waals surface area contributed by atoms with Gasteiger partial charge in [0.05, 0.1) is 11.3 Å². The fourth-order valence-corrected chi connectivity index (χ4v) is 2.77. The van der Waals surface area contributed by atoms with Crippen LogP contribution in [-0.2, 0) is 4.79 Å². The number of carbonyl (C=O) groups is 2. The Balaban J connectivity index is 2.44. The standard InChI is InChI=1S/C14H17FN2O3/c15-10-6-3-7-11(13(10)14(16)20)17(8-12(18)19)9-4-1-2-5-9/h3,6-7,9H,1-2,4-5,8H2,(H2,16,20)(H,18,19). The van der Waals surface area contributed by atoms with Crippen molar-refractivity contribution in [1.29, 1.82) is 0 Å². The second-order valence-electron chi connectivity index (χ2n) is 4.96. The average Bonchev–Trinajstić information content (AvgIpc) is 2.88. The van der Waals surface area contributed by atoms with Gasteiger partial charge in [-0.1, -0.05) is 18.9 Å². The normalized spacial score (nSPS) is 15.2. The number of carboxylic acids is 1. The topological polar surface area (TPSA) is 83.6 Å². The molecule has 1 aromatic carbocycles. The van der Waals surface area contributed by atoms with E-state index in [1.807, 2.05) is 0 Å². The van der Waals surface area contributed by atoms with E-state index < -0.39 is 17.7 Å². The molecule has 1 aliphatic carbocycles. The van der Waals surface area contributed by atoms with Crippen molar-refractivity contribution >= 4 is 17.6 Å². The van der Waals surface area contributed by atoms with Gasteiger partial charge in [-0.15, -0.1) is 0 Å². The zero-order valence-electron chi connectivity index (χ0n) is 11.0. The van der Waals surface area contributed by atoms with E-state index >= 15 is 0 Å². The van der Waals surface area contributed by atoms with E-state index in [2.05, 4.69) is 0 Å². The molecule has 1 amide bonds. The number of rotatable bonds is 5. The molecule has 0 spiro atoms. The Morgan fingerprint density at radius 3 is 2.55 bits per heavy atom. The van der Waals surface area contributed by atoms with Gasteiger partial charge in [-0.25, -0.2) is 4.39 Å². The van der Waals surface area contributed by atoms with Gasteiger partial charge in [0, 0.05) is 6.04 Å². The number of primary amides is 1. The van der Waals surface area contributed by atoms with Crippen LogP contribution in [-0.4, -0.2) is 29.6 Å². The first-order valence-corrected chi connectivity index (χ1v) is 6.57. The van der Waals surface area contributed by atoms with Crippen LogP contribution in [0, 0.1) is 5.82 Å². The SMILES string of the molecule is NC(=O)c1c(F)cccc1N(CC(=O)O)C1CCCC1. The third-order valence-electron chi connectivity index (χ3n) is 3.62. The minimum Gasteiger partial charge on any atom is -0.480 e. The molecule has 0 aliphatic heterocycles. The van der Waals surface area contributed by atoms with E-state index in [0.29, 0.717) is 0 Å². The second-order valence-corrected chi connectivity index (χ2v) is 4.96. The molecule has 0 atom stereocenters. The fraction of sp³-hybridized carbons (Fsp3) is 0.429. The zero-order valence-corrected chi connectivity index (χ0v) is 11.0. The van der Waals surface area contributed by atoms with Gasteiger partial charge in [0.25, 0.3) is 5.91 Å². The molecule has 1 fully saturated rings. The summed E-state index contributed by atoms with van der Waals surface area (Å²) in [5.41, 5.74) is 5.26. The quantitative estimate of drug-likeness (QED) is 0.860. The lowest BCUT2D eigenvalue weighted by atomic mass is 10.1. The van der Waals surface area contributed by atoms with Crippen molar-refractivity contribution in [2.45, 2.75) is 31.7 Å². The monoisotopic (exact) mass is 280 g/mol. The molecule has 20 heavy (non-hydrogen) atoms. The van der Waals surface area contributed by atoms with E-state index in [9.17, 15) is 14.0 Å². The maximum atomic E-state index is 13.8. The highest BCUT2D eigenvalue weighted by Gasteiger charge is 2.28. The number of aliphatic carboxylic acids is 1. The minimum absolute atomic E-state index is 0.00556. The number of hydrogen-bond donors (Lipinski definition) is 2. The molecule has 2 rings (SSSR count). The summed E-state index contributed by atoms with van der Waals surface area (Å²) in [5.74, 6) is -2.62. The Labute approximate surface area is 116 Å². The van der Waals surface area contributed by atoms with Gasteiger partial charge in [0.2, 0.25) is 0 Å². The van der Waals surface area contributed by atoms with E-state index in [1.54, 1.807) is 11.0 Å². The number of nitrogens with zero attached hydrogens (tertiary/aromatic N) is 1. The van der Waals surface area contributed by atoms with E-state index in [0.717, 1.165) is 31.7 Å². The highest BCUT2D eigenvalue weighted by Crippen LogP contribution is 2.31. The number of benzene rings is 1. The van der Waals surface area contributed by atoms with Gasteiger partial charge in [0.15, 0.2) is 0 Å². The smallest absolute Gasteiger partial charge is 0.323 e. The Morgan fingerprint density at radius 2 is 2.00 bits per heavy atom. The molecule has 1 aliphatic rings. The largest absolute Gasteiger partial charge is 0.480 e. The van der Waals surface area contributed by atoms with Gasteiger partial charge >= 0.3 is 5.97 Å². The molecule has 108 valence electrons. The number of halogens is 1. The number of anilines is 1. The van der Waals surface area contributed by atoms with Crippen LogP contribution < -0.4 is 10.6 Å². The molecule has 6 heteroatoms. The highest BCUT2D eigenvalue weighted by atomic mass is 19.1. The van der Waals surface area contributed by atoms with Crippen molar-refractivity contribution in [2.24, 2.45) is 5.73 Å². The number of hydrogen-bond acceptors (Lipinski definition) is 3. The second kappa shape index (κ2) is 5.90. The van der Waals surface area contributed by atoms with Crippen LogP contribution in [0.4, 0.5) is 10.1 Å². The predicted octanol–water partition coefficient (Wildman–Crippen LogP) is 1.76. The third-order valence-corrected chi connectivity index (χ3v) is 3.62. The Hall–Kier alpha value is -2.11. The van der Waals surface area contributed by atoms with Gasteiger partial charge in [-0.3, -0.25) is 9.59 Å². The molecule has 0 bridgehead atoms. The Kier molecular flexibility index (Phi) is 4.22. The van der Waals surface area contributed by atoms with Crippen LogP contribution in [0.3, 0.4) is 0 Å². The van der Waals surface area contributed by atoms with Gasteiger partial charge in [-0.05, 0) is 25.0 Å². The molecule has 5 nitrogen and oxygen atoms in total. The van der Waals surface area contributed by atoms with Crippen LogP contribution in [0.25, 0.3) is 0 Å². The lowest BCUT2D eigenvalue weighted by Gasteiger charge is -2.30. The average molecular weight is 280 g/mol. The predicted molar refractivity (Wildman–Crippen MR) is 72.2 cm³/mol. The highest BCUT2D eigenvalue weighted by molar-refractivity contribution is 5.99. The van der Waals surface area contributed by atoms with Gasteiger partial charge in [0.1, 0.15) is 12.4 Å². The lowest BCUT2D eigenvalue weighted by molar-refractivity contribution is -0.135. The first-order chi connectivity index (χ1) is 9.50. The number of carboxylic acid groups (broad SMARTS) is 1. The van der Waals surface area contributed by atoms with Crippen LogP contribution in [0.15, 0.2) is 18.2 Å². The number of carbonyl (C=O) groups excluding carboxylic acids is 1. The van der Waals surface area contributed by atoms with E-state index in [1.165, 1.54) is 6.07 Å². The molecule has 0 radical (unpaired) electrons. The summed E-state index contributed by atoms with van der Waals surface area (Å²) >= 11 is 0. The van der Waals surface area contributed by atoms with E-state index in [4.69, 9.17) is 10.8 Å². The molecule has 1 aromatic rings. The van der Waals surface area contributed by atoms with Crippen molar-refractivity contribution < 1.29 is 19.1 Å². The van der Waals surface area contributed by atoms with Crippen molar-refractivity contribution in [3.63, 3.8) is 0 Å². The maximum absolute atomic E-state index is 13.8. The van der Waals surface area contributed by atoms with Crippen LogP contribution in [0.1, 0.15) is 36.0 Å². The summed E-state index contributed by atoms with van der Waals surface area (Å²) < 4.78 is 13.8. The third kappa shape index (κ3) is 2.89. The molecule has 0 aromatic heterocycles. The minimum atomic E-state index is -1.02. The molecule has 3 N–H and O–H groups in total. The molecule has 0 unspecified atom stereocenters. The van der Waals surface area contributed by atoms with Crippen LogP contribution >= 0.6 is 0 Å².